The number of carbonyl (C=O) groups is 3. The molecule has 0 radical (unpaired) electrons. The Labute approximate surface area is 121 Å². The molecule has 0 bridgehead atoms. The van der Waals surface area contributed by atoms with E-state index in [-0.39, 0.29) is 17.8 Å². The second-order valence-electron chi connectivity index (χ2n) is 5.19. The molecule has 2 atom stereocenters. The molecule has 2 rings (SSSR count). The summed E-state index contributed by atoms with van der Waals surface area (Å²) in [5.74, 6) is -2.81. The summed E-state index contributed by atoms with van der Waals surface area (Å²) >= 11 is 0. The van der Waals surface area contributed by atoms with Gasteiger partial charge >= 0.3 is 5.97 Å². The van der Waals surface area contributed by atoms with Crippen LogP contribution in [-0.2, 0) is 9.59 Å². The third kappa shape index (κ3) is 3.87. The molecule has 1 aliphatic rings. The van der Waals surface area contributed by atoms with Crippen molar-refractivity contribution in [2.75, 3.05) is 0 Å². The monoisotopic (exact) mass is 293 g/mol. The first-order valence-electron chi connectivity index (χ1n) is 6.78. The van der Waals surface area contributed by atoms with Gasteiger partial charge in [-0.1, -0.05) is 6.07 Å². The summed E-state index contributed by atoms with van der Waals surface area (Å²) in [5.41, 5.74) is 0.0587. The van der Waals surface area contributed by atoms with Gasteiger partial charge in [0.15, 0.2) is 0 Å². The number of carbonyl (C=O) groups excluding carboxylic acids is 2. The third-order valence-corrected chi connectivity index (χ3v) is 3.63. The molecule has 112 valence electrons. The predicted molar refractivity (Wildman–Crippen MR) is 72.3 cm³/mol. The molecule has 1 saturated carbocycles. The molecule has 0 aliphatic heterocycles. The van der Waals surface area contributed by atoms with E-state index >= 15 is 0 Å². The maximum Gasteiger partial charge on any atom is 0.326 e. The van der Waals surface area contributed by atoms with Gasteiger partial charge in [0.1, 0.15) is 17.6 Å². The first-order valence-corrected chi connectivity index (χ1v) is 6.78. The van der Waals surface area contributed by atoms with E-state index in [9.17, 15) is 23.9 Å². The van der Waals surface area contributed by atoms with Crippen LogP contribution < -0.4 is 5.32 Å². The lowest BCUT2D eigenvalue weighted by molar-refractivity contribution is -0.141. The smallest absolute Gasteiger partial charge is 0.326 e. The van der Waals surface area contributed by atoms with Crippen molar-refractivity contribution in [3.8, 4) is 0 Å². The van der Waals surface area contributed by atoms with Crippen LogP contribution in [0, 0.1) is 11.7 Å². The van der Waals surface area contributed by atoms with Gasteiger partial charge in [-0.2, -0.15) is 0 Å². The normalized spacial score (nSPS) is 19.9. The second-order valence-corrected chi connectivity index (χ2v) is 5.19. The Kier molecular flexibility index (Phi) is 4.67. The summed E-state index contributed by atoms with van der Waals surface area (Å²) in [6.45, 7) is 0. The number of ketones is 1. The number of aliphatic carboxylic acids is 1. The minimum Gasteiger partial charge on any atom is -0.480 e. The first-order chi connectivity index (χ1) is 9.97. The maximum atomic E-state index is 13.1. The van der Waals surface area contributed by atoms with Crippen molar-refractivity contribution in [1.82, 2.24) is 5.32 Å². The third-order valence-electron chi connectivity index (χ3n) is 3.63. The Morgan fingerprint density at radius 1 is 1.38 bits per heavy atom. The number of hydrogen-bond acceptors (Lipinski definition) is 3. The number of benzene rings is 1. The molecule has 1 aromatic rings. The first kappa shape index (κ1) is 15.2. The van der Waals surface area contributed by atoms with Gasteiger partial charge in [-0.3, -0.25) is 9.59 Å². The van der Waals surface area contributed by atoms with Gasteiger partial charge < -0.3 is 10.4 Å². The van der Waals surface area contributed by atoms with E-state index in [1.54, 1.807) is 0 Å². The van der Waals surface area contributed by atoms with Crippen LogP contribution in [0.25, 0.3) is 0 Å². The number of nitrogens with one attached hydrogen (secondary N) is 1. The molecule has 0 spiro atoms. The Morgan fingerprint density at radius 3 is 2.76 bits per heavy atom. The highest BCUT2D eigenvalue weighted by molar-refractivity contribution is 5.96. The summed E-state index contributed by atoms with van der Waals surface area (Å²) in [6.07, 6.45) is 1.82. The van der Waals surface area contributed by atoms with Gasteiger partial charge in [-0.15, -0.1) is 0 Å². The predicted octanol–water partition coefficient (Wildman–Crippen LogP) is 1.77. The molecule has 0 heterocycles. The molecular weight excluding hydrogens is 277 g/mol. The highest BCUT2D eigenvalue weighted by atomic mass is 19.1. The standard InChI is InChI=1S/C15H16FNO4/c16-11-5-1-4-10(7-11)14(19)17-13(15(20)21)9-3-2-6-12(18)8-9/h1,4-5,7,9,13H,2-3,6,8H2,(H,17,19)(H,20,21)/t9-,13+/m1/s1. The Morgan fingerprint density at radius 2 is 2.14 bits per heavy atom. The van der Waals surface area contributed by atoms with E-state index in [2.05, 4.69) is 5.32 Å². The van der Waals surface area contributed by atoms with Crippen LogP contribution in [0.4, 0.5) is 4.39 Å². The van der Waals surface area contributed by atoms with Crippen LogP contribution in [-0.4, -0.2) is 28.8 Å². The molecule has 6 heteroatoms. The van der Waals surface area contributed by atoms with E-state index < -0.39 is 29.7 Å². The number of halogens is 1. The van der Waals surface area contributed by atoms with Crippen LogP contribution in [0.1, 0.15) is 36.0 Å². The maximum absolute atomic E-state index is 13.1. The summed E-state index contributed by atoms with van der Waals surface area (Å²) < 4.78 is 13.1. The van der Waals surface area contributed by atoms with Gasteiger partial charge in [-0.25, -0.2) is 9.18 Å². The summed E-state index contributed by atoms with van der Waals surface area (Å²) in [6, 6.07) is 3.89. The lowest BCUT2D eigenvalue weighted by Crippen LogP contribution is -2.47. The number of rotatable bonds is 4. The minimum atomic E-state index is -1.18. The number of carboxylic acids is 1. The summed E-state index contributed by atoms with van der Waals surface area (Å²) in [5, 5.41) is 11.7. The fourth-order valence-corrected chi connectivity index (χ4v) is 2.58. The van der Waals surface area contributed by atoms with Crippen molar-refractivity contribution in [2.24, 2.45) is 5.92 Å². The number of carboxylic acid groups (broad SMARTS) is 1. The SMILES string of the molecule is O=C1CCC[C@@H]([C@H](NC(=O)c2cccc(F)c2)C(=O)O)C1. The van der Waals surface area contributed by atoms with E-state index in [1.807, 2.05) is 0 Å². The highest BCUT2D eigenvalue weighted by Gasteiger charge is 2.33. The van der Waals surface area contributed by atoms with Crippen molar-refractivity contribution >= 4 is 17.7 Å². The Bertz CT molecular complexity index is 573. The van der Waals surface area contributed by atoms with Gasteiger partial charge in [-0.05, 0) is 37.0 Å². The Hall–Kier alpha value is -2.24. The van der Waals surface area contributed by atoms with Gasteiger partial charge in [0, 0.05) is 18.4 Å². The quantitative estimate of drug-likeness (QED) is 0.886. The summed E-state index contributed by atoms with van der Waals surface area (Å²) in [7, 11) is 0. The van der Waals surface area contributed by atoms with Crippen LogP contribution >= 0.6 is 0 Å². The average Bonchev–Trinajstić information content (AvgIpc) is 2.44. The zero-order valence-electron chi connectivity index (χ0n) is 11.3. The molecule has 0 unspecified atom stereocenters. The summed E-state index contributed by atoms with van der Waals surface area (Å²) in [4.78, 5) is 34.8. The topological polar surface area (TPSA) is 83.5 Å². The average molecular weight is 293 g/mol. The van der Waals surface area contributed by atoms with Crippen molar-refractivity contribution in [1.29, 1.82) is 0 Å². The lowest BCUT2D eigenvalue weighted by atomic mass is 9.83. The van der Waals surface area contributed by atoms with Gasteiger partial charge in [0.25, 0.3) is 5.91 Å². The van der Waals surface area contributed by atoms with Crippen LogP contribution in [0.5, 0.6) is 0 Å². The molecule has 1 aromatic carbocycles. The van der Waals surface area contributed by atoms with E-state index in [1.165, 1.54) is 18.2 Å². The molecule has 5 nitrogen and oxygen atoms in total. The van der Waals surface area contributed by atoms with Crippen LogP contribution in [0.2, 0.25) is 0 Å². The number of hydrogen-bond donors (Lipinski definition) is 2. The number of Topliss-reactive ketones (excluding diaryl/α,β-unsaturated/α-hetero) is 1. The van der Waals surface area contributed by atoms with Crippen LogP contribution in [0.3, 0.4) is 0 Å². The second kappa shape index (κ2) is 6.47. The van der Waals surface area contributed by atoms with E-state index in [4.69, 9.17) is 0 Å². The molecule has 2 N–H and O–H groups in total. The molecule has 0 aromatic heterocycles. The van der Waals surface area contributed by atoms with Crippen molar-refractivity contribution in [3.63, 3.8) is 0 Å². The fraction of sp³-hybridized carbons (Fsp3) is 0.400. The number of amides is 1. The van der Waals surface area contributed by atoms with Crippen molar-refractivity contribution < 1.29 is 23.9 Å². The zero-order chi connectivity index (χ0) is 15.4. The molecule has 1 amide bonds. The van der Waals surface area contributed by atoms with Crippen LogP contribution in [0.15, 0.2) is 24.3 Å². The molecule has 1 fully saturated rings. The zero-order valence-corrected chi connectivity index (χ0v) is 11.3. The van der Waals surface area contributed by atoms with Crippen molar-refractivity contribution in [2.45, 2.75) is 31.7 Å². The minimum absolute atomic E-state index is 0.0116. The van der Waals surface area contributed by atoms with Gasteiger partial charge in [0.2, 0.25) is 0 Å². The largest absolute Gasteiger partial charge is 0.480 e. The van der Waals surface area contributed by atoms with E-state index in [0.29, 0.717) is 19.3 Å². The lowest BCUT2D eigenvalue weighted by Gasteiger charge is -2.27. The molecule has 1 aliphatic carbocycles. The van der Waals surface area contributed by atoms with E-state index in [0.717, 1.165) is 6.07 Å². The highest BCUT2D eigenvalue weighted by Crippen LogP contribution is 2.24. The Balaban J connectivity index is 2.11. The molecule has 21 heavy (non-hydrogen) atoms. The van der Waals surface area contributed by atoms with Crippen molar-refractivity contribution in [3.05, 3.63) is 35.6 Å². The van der Waals surface area contributed by atoms with Gasteiger partial charge in [0.05, 0.1) is 0 Å². The molecular formula is C15H16FNO4. The molecule has 0 saturated heterocycles. The fourth-order valence-electron chi connectivity index (χ4n) is 2.58.